The van der Waals surface area contributed by atoms with Gasteiger partial charge in [0, 0.05) is 18.9 Å². The zero-order valence-corrected chi connectivity index (χ0v) is 12.4. The highest BCUT2D eigenvalue weighted by molar-refractivity contribution is 7.90. The van der Waals surface area contributed by atoms with Crippen molar-refractivity contribution in [3.05, 3.63) is 28.3 Å². The molecule has 0 spiro atoms. The molecule has 1 saturated carbocycles. The van der Waals surface area contributed by atoms with Crippen molar-refractivity contribution in [3.8, 4) is 0 Å². The third-order valence-corrected chi connectivity index (χ3v) is 5.07. The lowest BCUT2D eigenvalue weighted by Crippen LogP contribution is -2.15. The Morgan fingerprint density at radius 2 is 2.05 bits per heavy atom. The van der Waals surface area contributed by atoms with E-state index in [0.717, 1.165) is 31.6 Å². The number of nitro benzene ring substituents is 1. The molecule has 0 unspecified atom stereocenters. The molecule has 1 fully saturated rings. The first-order chi connectivity index (χ1) is 9.27. The van der Waals surface area contributed by atoms with Crippen LogP contribution in [0.1, 0.15) is 26.2 Å². The van der Waals surface area contributed by atoms with E-state index in [1.165, 1.54) is 12.1 Å². The van der Waals surface area contributed by atoms with Crippen molar-refractivity contribution in [1.82, 2.24) is 0 Å². The average Bonchev–Trinajstić information content (AvgIpc) is 3.15. The summed E-state index contributed by atoms with van der Waals surface area (Å²) < 4.78 is 22.9. The van der Waals surface area contributed by atoms with E-state index < -0.39 is 14.8 Å². The van der Waals surface area contributed by atoms with Crippen LogP contribution in [0.4, 0.5) is 11.4 Å². The first-order valence-corrected chi connectivity index (χ1v) is 8.39. The number of nitrogens with zero attached hydrogens (tertiary/aromatic N) is 1. The minimum Gasteiger partial charge on any atom is -0.379 e. The standard InChI is InChI=1S/C13H18N2O4S/c1-3-13(6-7-13)9-14-11-5-4-10(20(2,18)19)8-12(11)15(16)17/h4-5,8,14H,3,6-7,9H2,1-2H3. The van der Waals surface area contributed by atoms with Gasteiger partial charge in [-0.2, -0.15) is 0 Å². The fraction of sp³-hybridized carbons (Fsp3) is 0.538. The van der Waals surface area contributed by atoms with Crippen LogP contribution < -0.4 is 5.32 Å². The second kappa shape index (κ2) is 5.05. The van der Waals surface area contributed by atoms with Gasteiger partial charge in [0.15, 0.2) is 9.84 Å². The highest BCUT2D eigenvalue weighted by Crippen LogP contribution is 2.48. The summed E-state index contributed by atoms with van der Waals surface area (Å²) in [5, 5.41) is 14.2. The van der Waals surface area contributed by atoms with E-state index >= 15 is 0 Å². The molecule has 6 nitrogen and oxygen atoms in total. The second-order valence-corrected chi connectivity index (χ2v) is 7.43. The second-order valence-electron chi connectivity index (χ2n) is 5.42. The van der Waals surface area contributed by atoms with Crippen LogP contribution >= 0.6 is 0 Å². The molecule has 0 aliphatic heterocycles. The molecule has 0 amide bonds. The molecule has 20 heavy (non-hydrogen) atoms. The normalized spacial score (nSPS) is 16.7. The molecule has 1 aromatic carbocycles. The molecule has 1 aliphatic rings. The Kier molecular flexibility index (Phi) is 3.73. The summed E-state index contributed by atoms with van der Waals surface area (Å²) in [5.41, 5.74) is 0.436. The Morgan fingerprint density at radius 1 is 1.40 bits per heavy atom. The van der Waals surface area contributed by atoms with Gasteiger partial charge in [0.1, 0.15) is 5.69 Å². The number of nitrogens with one attached hydrogen (secondary N) is 1. The van der Waals surface area contributed by atoms with Crippen LogP contribution in [0.5, 0.6) is 0 Å². The van der Waals surface area contributed by atoms with E-state index in [-0.39, 0.29) is 16.0 Å². The molecule has 110 valence electrons. The first-order valence-electron chi connectivity index (χ1n) is 6.50. The van der Waals surface area contributed by atoms with Gasteiger partial charge >= 0.3 is 0 Å². The molecule has 0 atom stereocenters. The summed E-state index contributed by atoms with van der Waals surface area (Å²) in [6.45, 7) is 2.79. The van der Waals surface area contributed by atoms with Crippen molar-refractivity contribution in [2.24, 2.45) is 5.41 Å². The average molecular weight is 298 g/mol. The van der Waals surface area contributed by atoms with Crippen molar-refractivity contribution < 1.29 is 13.3 Å². The molecule has 0 heterocycles. The maximum Gasteiger partial charge on any atom is 0.293 e. The van der Waals surface area contributed by atoms with Gasteiger partial charge in [-0.15, -0.1) is 0 Å². The number of hydrogen-bond donors (Lipinski definition) is 1. The predicted molar refractivity (Wildman–Crippen MR) is 76.7 cm³/mol. The summed E-state index contributed by atoms with van der Waals surface area (Å²) in [4.78, 5) is 10.5. The minimum absolute atomic E-state index is 0.0358. The zero-order chi connectivity index (χ0) is 15.0. The largest absolute Gasteiger partial charge is 0.379 e. The van der Waals surface area contributed by atoms with Crippen molar-refractivity contribution in [2.75, 3.05) is 18.1 Å². The van der Waals surface area contributed by atoms with Gasteiger partial charge in [-0.3, -0.25) is 10.1 Å². The van der Waals surface area contributed by atoms with Crippen LogP contribution in [0, 0.1) is 15.5 Å². The van der Waals surface area contributed by atoms with E-state index in [0.29, 0.717) is 12.2 Å². The number of hydrogen-bond acceptors (Lipinski definition) is 5. The predicted octanol–water partition coefficient (Wildman–Crippen LogP) is 2.60. The van der Waals surface area contributed by atoms with Crippen LogP contribution in [-0.2, 0) is 9.84 Å². The summed E-state index contributed by atoms with van der Waals surface area (Å²) in [7, 11) is -3.44. The smallest absolute Gasteiger partial charge is 0.293 e. The SMILES string of the molecule is CCC1(CNc2ccc(S(C)(=O)=O)cc2[N+](=O)[O-])CC1. The van der Waals surface area contributed by atoms with Crippen molar-refractivity contribution in [3.63, 3.8) is 0 Å². The molecule has 0 saturated heterocycles. The van der Waals surface area contributed by atoms with Gasteiger partial charge in [0.05, 0.1) is 9.82 Å². The maximum atomic E-state index is 11.4. The number of sulfone groups is 1. The van der Waals surface area contributed by atoms with Crippen LogP contribution in [0.3, 0.4) is 0 Å². The zero-order valence-electron chi connectivity index (χ0n) is 11.5. The van der Waals surface area contributed by atoms with E-state index in [1.807, 2.05) is 0 Å². The summed E-state index contributed by atoms with van der Waals surface area (Å²) in [6.07, 6.45) is 4.34. The molecular weight excluding hydrogens is 280 g/mol. The summed E-state index contributed by atoms with van der Waals surface area (Å²) in [6, 6.07) is 3.99. The summed E-state index contributed by atoms with van der Waals surface area (Å²) in [5.74, 6) is 0. The van der Waals surface area contributed by atoms with Gasteiger partial charge in [-0.05, 0) is 36.8 Å². The van der Waals surface area contributed by atoms with Crippen LogP contribution in [0.25, 0.3) is 0 Å². The lowest BCUT2D eigenvalue weighted by Gasteiger charge is -2.14. The monoisotopic (exact) mass is 298 g/mol. The fourth-order valence-electron chi connectivity index (χ4n) is 2.16. The Labute approximate surface area is 118 Å². The van der Waals surface area contributed by atoms with E-state index in [9.17, 15) is 18.5 Å². The Morgan fingerprint density at radius 3 is 2.50 bits per heavy atom. The molecule has 0 bridgehead atoms. The highest BCUT2D eigenvalue weighted by atomic mass is 32.2. The quantitative estimate of drug-likeness (QED) is 0.644. The van der Waals surface area contributed by atoms with Crippen LogP contribution in [-0.4, -0.2) is 26.1 Å². The van der Waals surface area contributed by atoms with Crippen molar-refractivity contribution in [2.45, 2.75) is 31.1 Å². The van der Waals surface area contributed by atoms with Crippen LogP contribution in [0.15, 0.2) is 23.1 Å². The lowest BCUT2D eigenvalue weighted by atomic mass is 10.0. The van der Waals surface area contributed by atoms with Gasteiger partial charge in [-0.1, -0.05) is 6.92 Å². The Balaban J connectivity index is 2.26. The van der Waals surface area contributed by atoms with Gasteiger partial charge in [0.25, 0.3) is 5.69 Å². The molecule has 7 heteroatoms. The number of rotatable bonds is 6. The van der Waals surface area contributed by atoms with Crippen molar-refractivity contribution in [1.29, 1.82) is 0 Å². The molecule has 1 aromatic rings. The van der Waals surface area contributed by atoms with Gasteiger partial charge < -0.3 is 5.32 Å². The Hall–Kier alpha value is -1.63. The third kappa shape index (κ3) is 3.09. The topological polar surface area (TPSA) is 89.3 Å². The molecule has 2 rings (SSSR count). The number of nitro groups is 1. The Bertz CT molecular complexity index is 636. The van der Waals surface area contributed by atoms with Crippen LogP contribution in [0.2, 0.25) is 0 Å². The summed E-state index contributed by atoms with van der Waals surface area (Å²) >= 11 is 0. The van der Waals surface area contributed by atoms with Crippen molar-refractivity contribution >= 4 is 21.2 Å². The third-order valence-electron chi connectivity index (χ3n) is 3.95. The highest BCUT2D eigenvalue weighted by Gasteiger charge is 2.40. The van der Waals surface area contributed by atoms with E-state index in [4.69, 9.17) is 0 Å². The fourth-order valence-corrected chi connectivity index (χ4v) is 2.80. The van der Waals surface area contributed by atoms with E-state index in [2.05, 4.69) is 12.2 Å². The molecule has 0 radical (unpaired) electrons. The molecule has 1 N–H and O–H groups in total. The maximum absolute atomic E-state index is 11.4. The van der Waals surface area contributed by atoms with E-state index in [1.54, 1.807) is 0 Å². The van der Waals surface area contributed by atoms with Gasteiger partial charge in [0.2, 0.25) is 0 Å². The molecular formula is C13H18N2O4S. The lowest BCUT2D eigenvalue weighted by molar-refractivity contribution is -0.384. The first kappa shape index (κ1) is 14.8. The number of anilines is 1. The molecule has 0 aromatic heterocycles. The van der Waals surface area contributed by atoms with Gasteiger partial charge in [-0.25, -0.2) is 8.42 Å². The minimum atomic E-state index is -3.44. The number of benzene rings is 1. The molecule has 1 aliphatic carbocycles.